The Morgan fingerprint density at radius 2 is 2.15 bits per heavy atom. The first-order valence-electron chi connectivity index (χ1n) is 5.68. The molecule has 0 radical (unpaired) electrons. The molecule has 2 rings (SSSR count). The van der Waals surface area contributed by atoms with E-state index in [0.717, 1.165) is 12.3 Å². The number of sulfone groups is 1. The number of oxime groups is 1. The van der Waals surface area contributed by atoms with Crippen LogP contribution in [0.1, 0.15) is 29.3 Å². The molecule has 1 aliphatic heterocycles. The van der Waals surface area contributed by atoms with Crippen LogP contribution in [0.4, 0.5) is 0 Å². The van der Waals surface area contributed by atoms with Gasteiger partial charge in [0.2, 0.25) is 0 Å². The highest BCUT2D eigenvalue weighted by Crippen LogP contribution is 2.31. The van der Waals surface area contributed by atoms with Crippen molar-refractivity contribution in [2.45, 2.75) is 24.3 Å². The summed E-state index contributed by atoms with van der Waals surface area (Å²) in [5.74, 6) is -1.48. The molecule has 1 aromatic carbocycles. The predicted molar refractivity (Wildman–Crippen MR) is 70.6 cm³/mol. The SMILES string of the molecule is CC1CC(c2c(S(C)(=O)=O)ccc(C(=O)[O-])c2Cl)=NO1. The van der Waals surface area contributed by atoms with Gasteiger partial charge in [-0.3, -0.25) is 0 Å². The third-order valence-electron chi connectivity index (χ3n) is 2.84. The van der Waals surface area contributed by atoms with Gasteiger partial charge in [0.1, 0.15) is 6.10 Å². The minimum Gasteiger partial charge on any atom is -0.545 e. The summed E-state index contributed by atoms with van der Waals surface area (Å²) in [5.41, 5.74) is 0.0996. The van der Waals surface area contributed by atoms with E-state index in [2.05, 4.69) is 5.16 Å². The van der Waals surface area contributed by atoms with Crippen LogP contribution in [0, 0.1) is 0 Å². The van der Waals surface area contributed by atoms with E-state index >= 15 is 0 Å². The highest BCUT2D eigenvalue weighted by Gasteiger charge is 2.27. The number of aromatic carboxylic acids is 1. The second kappa shape index (κ2) is 5.06. The van der Waals surface area contributed by atoms with Crippen LogP contribution in [0.2, 0.25) is 5.02 Å². The number of benzene rings is 1. The van der Waals surface area contributed by atoms with E-state index in [9.17, 15) is 18.3 Å². The van der Waals surface area contributed by atoms with Gasteiger partial charge in [0.05, 0.1) is 21.6 Å². The summed E-state index contributed by atoms with van der Waals surface area (Å²) in [5, 5.41) is 14.6. The number of hydrogen-bond donors (Lipinski definition) is 0. The van der Waals surface area contributed by atoms with Crippen molar-refractivity contribution < 1.29 is 23.2 Å². The molecule has 20 heavy (non-hydrogen) atoms. The Labute approximate surface area is 120 Å². The number of halogens is 1. The monoisotopic (exact) mass is 316 g/mol. The van der Waals surface area contributed by atoms with E-state index in [-0.39, 0.29) is 27.1 Å². The van der Waals surface area contributed by atoms with Gasteiger partial charge in [-0.15, -0.1) is 0 Å². The third-order valence-corrected chi connectivity index (χ3v) is 4.37. The third kappa shape index (κ3) is 2.64. The molecular weight excluding hydrogens is 306 g/mol. The first-order valence-corrected chi connectivity index (χ1v) is 7.95. The van der Waals surface area contributed by atoms with E-state index in [1.807, 2.05) is 0 Å². The quantitative estimate of drug-likeness (QED) is 0.814. The lowest BCUT2D eigenvalue weighted by Gasteiger charge is -2.13. The second-order valence-corrected chi connectivity index (χ2v) is 6.88. The summed E-state index contributed by atoms with van der Waals surface area (Å²) in [6.07, 6.45) is 1.14. The zero-order valence-electron chi connectivity index (χ0n) is 10.7. The average molecular weight is 317 g/mol. The van der Waals surface area contributed by atoms with Gasteiger partial charge in [0, 0.05) is 23.8 Å². The van der Waals surface area contributed by atoms with E-state index in [4.69, 9.17) is 16.4 Å². The number of carbonyl (C=O) groups excluding carboxylic acids is 1. The van der Waals surface area contributed by atoms with Crippen LogP contribution in [0.25, 0.3) is 0 Å². The fourth-order valence-corrected chi connectivity index (χ4v) is 3.25. The largest absolute Gasteiger partial charge is 0.545 e. The summed E-state index contributed by atoms with van der Waals surface area (Å²) < 4.78 is 23.6. The Bertz CT molecular complexity index is 711. The van der Waals surface area contributed by atoms with Crippen molar-refractivity contribution in [2.75, 3.05) is 6.26 Å². The molecule has 0 saturated heterocycles. The standard InChI is InChI=1S/C12H12ClNO5S/c1-6-5-8(14-19-6)10-9(20(2,17)18)4-3-7(11(10)13)12(15)16/h3-4,6H,5H2,1-2H3,(H,15,16)/p-1. The molecule has 0 saturated carbocycles. The summed E-state index contributed by atoms with van der Waals surface area (Å²) in [6.45, 7) is 1.76. The van der Waals surface area contributed by atoms with E-state index < -0.39 is 15.8 Å². The van der Waals surface area contributed by atoms with Gasteiger partial charge in [0.15, 0.2) is 9.84 Å². The summed E-state index contributed by atoms with van der Waals surface area (Å²) in [6, 6.07) is 2.30. The lowest BCUT2D eigenvalue weighted by molar-refractivity contribution is -0.255. The van der Waals surface area contributed by atoms with Crippen LogP contribution >= 0.6 is 11.6 Å². The van der Waals surface area contributed by atoms with Crippen LogP contribution < -0.4 is 5.11 Å². The second-order valence-electron chi connectivity index (χ2n) is 4.52. The van der Waals surface area contributed by atoms with Gasteiger partial charge < -0.3 is 14.7 Å². The Morgan fingerprint density at radius 3 is 2.60 bits per heavy atom. The Kier molecular flexibility index (Phi) is 3.75. The number of nitrogens with zero attached hydrogens (tertiary/aromatic N) is 1. The molecule has 0 aromatic heterocycles. The van der Waals surface area contributed by atoms with Crippen LogP contribution in [0.5, 0.6) is 0 Å². The number of rotatable bonds is 3. The number of carboxylic acid groups (broad SMARTS) is 1. The minimum absolute atomic E-state index is 0.0696. The van der Waals surface area contributed by atoms with Gasteiger partial charge in [-0.2, -0.15) is 0 Å². The predicted octanol–water partition coefficient (Wildman–Crippen LogP) is 0.620. The Balaban J connectivity index is 2.73. The molecule has 108 valence electrons. The van der Waals surface area contributed by atoms with Crippen molar-refractivity contribution in [1.82, 2.24) is 0 Å². The maximum absolute atomic E-state index is 11.8. The molecule has 1 unspecified atom stereocenters. The van der Waals surface area contributed by atoms with Crippen molar-refractivity contribution in [1.29, 1.82) is 0 Å². The molecule has 8 heteroatoms. The highest BCUT2D eigenvalue weighted by atomic mass is 35.5. The normalized spacial score (nSPS) is 18.6. The van der Waals surface area contributed by atoms with Crippen LogP contribution in [-0.4, -0.2) is 32.5 Å². The molecule has 0 fully saturated rings. The van der Waals surface area contributed by atoms with Crippen LogP contribution in [0.15, 0.2) is 22.2 Å². The maximum Gasteiger partial charge on any atom is 0.176 e. The van der Waals surface area contributed by atoms with Crippen molar-refractivity contribution in [3.63, 3.8) is 0 Å². The van der Waals surface area contributed by atoms with Gasteiger partial charge in [-0.05, 0) is 13.0 Å². The van der Waals surface area contributed by atoms with Crippen LogP contribution in [0.3, 0.4) is 0 Å². The lowest BCUT2D eigenvalue weighted by atomic mass is 10.0. The number of carboxylic acids is 1. The molecule has 6 nitrogen and oxygen atoms in total. The van der Waals surface area contributed by atoms with Crippen molar-refractivity contribution in [3.8, 4) is 0 Å². The molecule has 1 heterocycles. The van der Waals surface area contributed by atoms with Crippen molar-refractivity contribution in [3.05, 3.63) is 28.3 Å². The lowest BCUT2D eigenvalue weighted by Crippen LogP contribution is -2.24. The molecule has 0 aliphatic carbocycles. The van der Waals surface area contributed by atoms with Crippen molar-refractivity contribution in [2.24, 2.45) is 5.16 Å². The number of hydrogen-bond acceptors (Lipinski definition) is 6. The fraction of sp³-hybridized carbons (Fsp3) is 0.333. The van der Waals surface area contributed by atoms with Gasteiger partial charge in [-0.1, -0.05) is 22.8 Å². The van der Waals surface area contributed by atoms with Gasteiger partial charge >= 0.3 is 0 Å². The molecular formula is C12H11ClNO5S-. The topological polar surface area (TPSA) is 95.9 Å². The molecule has 1 aromatic rings. The molecule has 0 amide bonds. The maximum atomic E-state index is 11.8. The molecule has 1 atom stereocenters. The van der Waals surface area contributed by atoms with E-state index in [0.29, 0.717) is 12.1 Å². The molecule has 0 N–H and O–H groups in total. The molecule has 0 spiro atoms. The molecule has 1 aliphatic rings. The first kappa shape index (κ1) is 14.8. The van der Waals surface area contributed by atoms with Gasteiger partial charge in [-0.25, -0.2) is 8.42 Å². The summed E-state index contributed by atoms with van der Waals surface area (Å²) in [4.78, 5) is 15.9. The minimum atomic E-state index is -3.59. The fourth-order valence-electron chi connectivity index (χ4n) is 1.94. The highest BCUT2D eigenvalue weighted by molar-refractivity contribution is 7.90. The summed E-state index contributed by atoms with van der Waals surface area (Å²) >= 11 is 6.02. The first-order chi connectivity index (χ1) is 9.21. The van der Waals surface area contributed by atoms with Gasteiger partial charge in [0.25, 0.3) is 0 Å². The van der Waals surface area contributed by atoms with Crippen LogP contribution in [-0.2, 0) is 14.7 Å². The summed E-state index contributed by atoms with van der Waals surface area (Å²) in [7, 11) is -3.59. The van der Waals surface area contributed by atoms with E-state index in [1.165, 1.54) is 6.07 Å². The Hall–Kier alpha value is -1.60. The van der Waals surface area contributed by atoms with E-state index in [1.54, 1.807) is 6.92 Å². The smallest absolute Gasteiger partial charge is 0.176 e. The number of carbonyl (C=O) groups is 1. The zero-order chi connectivity index (χ0) is 15.1. The molecule has 0 bridgehead atoms. The van der Waals surface area contributed by atoms with Crippen molar-refractivity contribution >= 4 is 33.1 Å². The Morgan fingerprint density at radius 1 is 1.50 bits per heavy atom. The zero-order valence-corrected chi connectivity index (χ0v) is 12.3. The average Bonchev–Trinajstić information content (AvgIpc) is 2.73.